The molecule has 0 amide bonds. The molecule has 0 heterocycles. The van der Waals surface area contributed by atoms with E-state index in [2.05, 4.69) is 167 Å². The second-order valence-corrected chi connectivity index (χ2v) is 22.0. The Morgan fingerprint density at radius 3 is 0.780 bits per heavy atom. The number of carbonyl (C=O) groups excluding carboxylic acids is 3. The fourth-order valence-electron chi connectivity index (χ4n) is 9.06. The Kier molecular flexibility index (Phi) is 64.8. The number of rotatable bonds is 60. The number of unbranched alkanes of at least 4 members (excludes halogenated alkanes) is 25. The molecule has 0 aliphatic heterocycles. The van der Waals surface area contributed by atoms with Gasteiger partial charge in [0.25, 0.3) is 0 Å². The third kappa shape index (κ3) is 66.1. The lowest BCUT2D eigenvalue weighted by Gasteiger charge is -2.18. The molecular formula is C76H124O6. The van der Waals surface area contributed by atoms with Gasteiger partial charge in [-0.1, -0.05) is 282 Å². The first-order valence-electron chi connectivity index (χ1n) is 33.8. The molecule has 0 fully saturated rings. The monoisotopic (exact) mass is 1130 g/mol. The summed E-state index contributed by atoms with van der Waals surface area (Å²) in [5.74, 6) is -0.950. The van der Waals surface area contributed by atoms with Gasteiger partial charge >= 0.3 is 17.9 Å². The molecule has 464 valence electrons. The molecule has 0 saturated heterocycles. The summed E-state index contributed by atoms with van der Waals surface area (Å²) >= 11 is 0. The van der Waals surface area contributed by atoms with Crippen LogP contribution in [0.3, 0.4) is 0 Å². The molecule has 0 bridgehead atoms. The second-order valence-electron chi connectivity index (χ2n) is 22.0. The lowest BCUT2D eigenvalue weighted by molar-refractivity contribution is -0.167. The average molecular weight is 1130 g/mol. The zero-order valence-corrected chi connectivity index (χ0v) is 53.2. The minimum absolute atomic E-state index is 0.0993. The number of hydrogen-bond donors (Lipinski definition) is 0. The van der Waals surface area contributed by atoms with Gasteiger partial charge in [-0.15, -0.1) is 0 Å². The van der Waals surface area contributed by atoms with Crippen LogP contribution >= 0.6 is 0 Å². The third-order valence-electron chi connectivity index (χ3n) is 14.1. The van der Waals surface area contributed by atoms with Gasteiger partial charge in [0.05, 0.1) is 0 Å². The lowest BCUT2D eigenvalue weighted by atomic mass is 10.0. The van der Waals surface area contributed by atoms with Gasteiger partial charge in [0.1, 0.15) is 13.2 Å². The van der Waals surface area contributed by atoms with Crippen molar-refractivity contribution in [2.45, 2.75) is 303 Å². The van der Waals surface area contributed by atoms with Gasteiger partial charge < -0.3 is 14.2 Å². The molecule has 0 aliphatic rings. The van der Waals surface area contributed by atoms with Crippen molar-refractivity contribution >= 4 is 17.9 Å². The van der Waals surface area contributed by atoms with Gasteiger partial charge in [0.2, 0.25) is 0 Å². The highest BCUT2D eigenvalue weighted by Crippen LogP contribution is 2.15. The summed E-state index contributed by atoms with van der Waals surface area (Å²) in [5, 5.41) is 0. The Labute approximate surface area is 506 Å². The molecule has 1 unspecified atom stereocenters. The molecule has 0 aliphatic carbocycles. The standard InChI is InChI=1S/C76H124O6/c1-4-7-10-13-16-19-22-25-28-30-31-32-33-34-35-36-37-38-39-40-41-42-43-44-45-46-49-51-54-57-60-63-66-69-75(78)81-72-73(71-80-74(77)68-65-62-59-56-53-50-47-27-24-21-18-15-12-9-6-3)82-76(79)70-67-64-61-58-55-52-48-29-26-23-20-17-14-11-8-5-2/h7,9-10,12,16,18-19,21,25,27-29,31-32,34-35,37-38,40-41,47-48,53,56,73H,4-6,8,11,13-15,17,20,22-24,26,30,33,36,39,42-46,49-52,54-55,57-72H2,1-3H3/b10-7-,12-9-,19-16-,21-18-,28-25-,32-31-,35-34-,38-37-,41-40-,47-27-,48-29-,56-53-. The molecule has 0 rings (SSSR count). The van der Waals surface area contributed by atoms with E-state index in [4.69, 9.17) is 14.2 Å². The van der Waals surface area contributed by atoms with Gasteiger partial charge in [-0.25, -0.2) is 0 Å². The van der Waals surface area contributed by atoms with Gasteiger partial charge in [-0.05, 0) is 141 Å². The van der Waals surface area contributed by atoms with E-state index >= 15 is 0 Å². The van der Waals surface area contributed by atoms with Crippen LogP contribution in [0.15, 0.2) is 146 Å². The largest absolute Gasteiger partial charge is 0.462 e. The Bertz CT molecular complexity index is 1780. The van der Waals surface area contributed by atoms with Crippen molar-refractivity contribution < 1.29 is 28.6 Å². The van der Waals surface area contributed by atoms with Crippen LogP contribution in [0, 0.1) is 0 Å². The molecule has 6 heteroatoms. The fraction of sp³-hybridized carbons (Fsp3) is 0.645. The molecule has 0 saturated carbocycles. The maximum atomic E-state index is 12.9. The molecule has 1 atom stereocenters. The maximum Gasteiger partial charge on any atom is 0.306 e. The van der Waals surface area contributed by atoms with E-state index in [1.807, 2.05) is 0 Å². The lowest BCUT2D eigenvalue weighted by Crippen LogP contribution is -2.30. The molecular weight excluding hydrogens is 1010 g/mol. The Balaban J connectivity index is 4.31. The zero-order chi connectivity index (χ0) is 59.2. The SMILES string of the molecule is CC/C=C\C/C=C\C/C=C\C/C=C\C/C=C\C/C=C\C/C=C\CCCCCCCCCCCCCC(=O)OCC(COC(=O)CCCC/C=C\C/C=C\C/C=C\C/C=C\CC)OC(=O)CCCCCCC/C=C\CCCCCCCCC. The van der Waals surface area contributed by atoms with E-state index in [9.17, 15) is 14.4 Å². The highest BCUT2D eigenvalue weighted by molar-refractivity contribution is 5.71. The van der Waals surface area contributed by atoms with Crippen molar-refractivity contribution in [1.82, 2.24) is 0 Å². The fourth-order valence-corrected chi connectivity index (χ4v) is 9.06. The van der Waals surface area contributed by atoms with Crippen molar-refractivity contribution in [3.05, 3.63) is 146 Å². The normalized spacial score (nSPS) is 13.1. The van der Waals surface area contributed by atoms with Crippen LogP contribution in [0.25, 0.3) is 0 Å². The highest BCUT2D eigenvalue weighted by atomic mass is 16.6. The van der Waals surface area contributed by atoms with E-state index in [0.29, 0.717) is 19.3 Å². The molecule has 0 radical (unpaired) electrons. The molecule has 0 aromatic heterocycles. The van der Waals surface area contributed by atoms with Gasteiger partial charge in [-0.3, -0.25) is 14.4 Å². The van der Waals surface area contributed by atoms with Crippen molar-refractivity contribution in [1.29, 1.82) is 0 Å². The molecule has 6 nitrogen and oxygen atoms in total. The van der Waals surface area contributed by atoms with Crippen molar-refractivity contribution in [3.63, 3.8) is 0 Å². The summed E-state index contributed by atoms with van der Waals surface area (Å²) < 4.78 is 16.9. The first kappa shape index (κ1) is 77.3. The van der Waals surface area contributed by atoms with Crippen LogP contribution in [-0.4, -0.2) is 37.2 Å². The molecule has 0 spiro atoms. The third-order valence-corrected chi connectivity index (χ3v) is 14.1. The second kappa shape index (κ2) is 68.8. The maximum absolute atomic E-state index is 12.9. The van der Waals surface area contributed by atoms with Crippen LogP contribution in [0.5, 0.6) is 0 Å². The molecule has 0 aromatic carbocycles. The van der Waals surface area contributed by atoms with E-state index in [-0.39, 0.29) is 31.1 Å². The molecule has 0 aromatic rings. The first-order chi connectivity index (χ1) is 40.5. The van der Waals surface area contributed by atoms with Crippen molar-refractivity contribution in [3.8, 4) is 0 Å². The number of ether oxygens (including phenoxy) is 3. The summed E-state index contributed by atoms with van der Waals surface area (Å²) in [5.41, 5.74) is 0. The van der Waals surface area contributed by atoms with E-state index < -0.39 is 6.10 Å². The molecule has 82 heavy (non-hydrogen) atoms. The quantitative estimate of drug-likeness (QED) is 0.0261. The summed E-state index contributed by atoms with van der Waals surface area (Å²) in [7, 11) is 0. The average Bonchev–Trinajstić information content (AvgIpc) is 3.47. The Morgan fingerprint density at radius 2 is 0.476 bits per heavy atom. The summed E-state index contributed by atoms with van der Waals surface area (Å²) in [6.45, 7) is 6.37. The number of hydrogen-bond acceptors (Lipinski definition) is 6. The molecule has 0 N–H and O–H groups in total. The van der Waals surface area contributed by atoms with Crippen LogP contribution < -0.4 is 0 Å². The van der Waals surface area contributed by atoms with Gasteiger partial charge in [-0.2, -0.15) is 0 Å². The number of esters is 3. The first-order valence-corrected chi connectivity index (χ1v) is 33.8. The van der Waals surface area contributed by atoms with Crippen LogP contribution in [0.1, 0.15) is 297 Å². The minimum Gasteiger partial charge on any atom is -0.462 e. The van der Waals surface area contributed by atoms with Crippen LogP contribution in [0.4, 0.5) is 0 Å². The van der Waals surface area contributed by atoms with E-state index in [0.717, 1.165) is 141 Å². The zero-order valence-electron chi connectivity index (χ0n) is 53.2. The Morgan fingerprint density at radius 1 is 0.256 bits per heavy atom. The smallest absolute Gasteiger partial charge is 0.306 e. The van der Waals surface area contributed by atoms with Gasteiger partial charge in [0.15, 0.2) is 6.10 Å². The van der Waals surface area contributed by atoms with Crippen LogP contribution in [0.2, 0.25) is 0 Å². The van der Waals surface area contributed by atoms with Crippen molar-refractivity contribution in [2.75, 3.05) is 13.2 Å². The van der Waals surface area contributed by atoms with E-state index in [1.54, 1.807) is 0 Å². The number of allylic oxidation sites excluding steroid dienone is 24. The van der Waals surface area contributed by atoms with Crippen LogP contribution in [-0.2, 0) is 28.6 Å². The predicted molar refractivity (Wildman–Crippen MR) is 357 cm³/mol. The number of carbonyl (C=O) groups is 3. The Hall–Kier alpha value is -4.71. The summed E-state index contributed by atoms with van der Waals surface area (Å²) in [6.07, 6.45) is 98.7. The van der Waals surface area contributed by atoms with Crippen molar-refractivity contribution in [2.24, 2.45) is 0 Å². The minimum atomic E-state index is -0.806. The summed E-state index contributed by atoms with van der Waals surface area (Å²) in [6, 6.07) is 0. The van der Waals surface area contributed by atoms with Gasteiger partial charge in [0, 0.05) is 19.3 Å². The predicted octanol–water partition coefficient (Wildman–Crippen LogP) is 23.5. The topological polar surface area (TPSA) is 78.9 Å². The highest BCUT2D eigenvalue weighted by Gasteiger charge is 2.19. The summed E-state index contributed by atoms with van der Waals surface area (Å²) in [4.78, 5) is 38.3. The van der Waals surface area contributed by atoms with E-state index in [1.165, 1.54) is 116 Å².